The van der Waals surface area contributed by atoms with Crippen LogP contribution in [0.1, 0.15) is 15.9 Å². The van der Waals surface area contributed by atoms with Gasteiger partial charge in [0.25, 0.3) is 0 Å². The molecule has 3 aromatic rings. The smallest absolute Gasteiger partial charge is 0.244 e. The predicted molar refractivity (Wildman–Crippen MR) is 134 cm³/mol. The predicted octanol–water partition coefficient (Wildman–Crippen LogP) is 3.35. The molecule has 9 nitrogen and oxygen atoms in total. The number of amides is 1. The minimum Gasteiger partial charge on any atom is -0.356 e. The van der Waals surface area contributed by atoms with E-state index in [0.29, 0.717) is 10.6 Å². The minimum absolute atomic E-state index is 0.0525. The molecule has 0 radical (unpaired) electrons. The molecule has 2 aromatic carbocycles. The average Bonchev–Trinajstić information content (AvgIpc) is 3.27. The molecule has 0 saturated carbocycles. The fourth-order valence-electron chi connectivity index (χ4n) is 4.11. The molecule has 0 spiro atoms. The third-order valence-corrected chi connectivity index (χ3v) is 8.71. The molecule has 36 heavy (non-hydrogen) atoms. The number of sulfonamides is 1. The van der Waals surface area contributed by atoms with E-state index in [2.05, 4.69) is 10.0 Å². The van der Waals surface area contributed by atoms with Gasteiger partial charge in [-0.25, -0.2) is 21.2 Å². The number of thiophene rings is 1. The molecule has 1 unspecified atom stereocenters. The number of hydrogen-bond donors (Lipinski definition) is 2. The van der Waals surface area contributed by atoms with Gasteiger partial charge in [-0.2, -0.15) is 0 Å². The Morgan fingerprint density at radius 1 is 1.11 bits per heavy atom. The lowest BCUT2D eigenvalue weighted by Crippen LogP contribution is -2.45. The SMILES string of the molecule is CS(=O)(=O)Nc1ccc2c(c1)S(=O)(=O)C=C(C1C(=O)c3ccsc3N(Cc3ccc(F)cc3)C1=O)N2. The highest BCUT2D eigenvalue weighted by Crippen LogP contribution is 2.41. The highest BCUT2D eigenvalue weighted by atomic mass is 32.2. The van der Waals surface area contributed by atoms with E-state index >= 15 is 0 Å². The van der Waals surface area contributed by atoms with Crippen LogP contribution in [0.5, 0.6) is 0 Å². The number of rotatable bonds is 5. The minimum atomic E-state index is -4.13. The van der Waals surface area contributed by atoms with Crippen molar-refractivity contribution in [3.8, 4) is 0 Å². The fourth-order valence-corrected chi connectivity index (χ4v) is 6.95. The lowest BCUT2D eigenvalue weighted by molar-refractivity contribution is -0.120. The van der Waals surface area contributed by atoms with Crippen LogP contribution in [-0.4, -0.2) is 34.8 Å². The monoisotopic (exact) mass is 547 g/mol. The van der Waals surface area contributed by atoms with Gasteiger partial charge >= 0.3 is 0 Å². The molecule has 2 aliphatic rings. The summed E-state index contributed by atoms with van der Waals surface area (Å²) < 4.78 is 64.8. The second kappa shape index (κ2) is 8.54. The molecule has 3 heterocycles. The van der Waals surface area contributed by atoms with Crippen molar-refractivity contribution >= 4 is 59.3 Å². The number of Topliss-reactive ketones (excluding diaryl/α,β-unsaturated/α-hetero) is 1. The van der Waals surface area contributed by atoms with Crippen LogP contribution in [0.4, 0.5) is 20.8 Å². The fraction of sp³-hybridized carbons (Fsp3) is 0.130. The van der Waals surface area contributed by atoms with Gasteiger partial charge in [-0.3, -0.25) is 19.2 Å². The van der Waals surface area contributed by atoms with Gasteiger partial charge in [-0.1, -0.05) is 12.1 Å². The summed E-state index contributed by atoms with van der Waals surface area (Å²) in [5.74, 6) is -3.03. The maximum atomic E-state index is 13.6. The van der Waals surface area contributed by atoms with Crippen LogP contribution in [-0.2, 0) is 31.2 Å². The van der Waals surface area contributed by atoms with Crippen molar-refractivity contribution in [1.82, 2.24) is 0 Å². The van der Waals surface area contributed by atoms with Gasteiger partial charge in [-0.15, -0.1) is 11.3 Å². The number of hydrogen-bond acceptors (Lipinski definition) is 8. The van der Waals surface area contributed by atoms with Crippen molar-refractivity contribution in [2.45, 2.75) is 11.4 Å². The van der Waals surface area contributed by atoms with E-state index in [1.54, 1.807) is 11.4 Å². The molecular formula is C23H18FN3O6S3. The molecule has 2 aliphatic heterocycles. The molecule has 5 rings (SSSR count). The van der Waals surface area contributed by atoms with E-state index in [4.69, 9.17) is 0 Å². The van der Waals surface area contributed by atoms with Gasteiger partial charge in [-0.05, 0) is 47.3 Å². The molecular weight excluding hydrogens is 529 g/mol. The third kappa shape index (κ3) is 4.40. The van der Waals surface area contributed by atoms with Crippen molar-refractivity contribution in [3.05, 3.63) is 82.0 Å². The summed E-state index contributed by atoms with van der Waals surface area (Å²) in [6, 6.07) is 11.1. The van der Waals surface area contributed by atoms with Gasteiger partial charge in [0.2, 0.25) is 25.8 Å². The largest absolute Gasteiger partial charge is 0.356 e. The zero-order valence-electron chi connectivity index (χ0n) is 18.6. The van der Waals surface area contributed by atoms with E-state index in [9.17, 15) is 30.8 Å². The lowest BCUT2D eigenvalue weighted by atomic mass is 9.90. The normalized spacial score (nSPS) is 18.7. The number of fused-ring (bicyclic) bond motifs is 2. The summed E-state index contributed by atoms with van der Waals surface area (Å²) in [5.41, 5.74) is 0.962. The highest BCUT2D eigenvalue weighted by Gasteiger charge is 2.44. The van der Waals surface area contributed by atoms with Crippen molar-refractivity contribution in [1.29, 1.82) is 0 Å². The maximum absolute atomic E-state index is 13.6. The van der Waals surface area contributed by atoms with Crippen molar-refractivity contribution in [2.75, 3.05) is 21.2 Å². The zero-order chi connectivity index (χ0) is 25.8. The Hall–Kier alpha value is -3.55. The van der Waals surface area contributed by atoms with Crippen LogP contribution in [0, 0.1) is 11.7 Å². The van der Waals surface area contributed by atoms with E-state index in [0.717, 1.165) is 17.7 Å². The first-order chi connectivity index (χ1) is 16.9. The quantitative estimate of drug-likeness (QED) is 0.469. The topological polar surface area (TPSA) is 130 Å². The first-order valence-corrected chi connectivity index (χ1v) is 14.8. The van der Waals surface area contributed by atoms with Crippen LogP contribution in [0.3, 0.4) is 0 Å². The first kappa shape index (κ1) is 24.2. The van der Waals surface area contributed by atoms with Gasteiger partial charge in [0.1, 0.15) is 16.7 Å². The van der Waals surface area contributed by atoms with E-state index < -0.39 is 43.3 Å². The second-order valence-corrected chi connectivity index (χ2v) is 12.7. The van der Waals surface area contributed by atoms with E-state index in [-0.39, 0.29) is 34.1 Å². The van der Waals surface area contributed by atoms with E-state index in [1.165, 1.54) is 52.6 Å². The lowest BCUT2D eigenvalue weighted by Gasteiger charge is -2.33. The van der Waals surface area contributed by atoms with Crippen molar-refractivity contribution < 1.29 is 30.8 Å². The number of anilines is 3. The number of nitrogens with one attached hydrogen (secondary N) is 2. The Labute approximate surface area is 210 Å². The van der Waals surface area contributed by atoms with Crippen LogP contribution in [0.2, 0.25) is 0 Å². The molecule has 0 fully saturated rings. The number of ketones is 1. The Morgan fingerprint density at radius 2 is 1.83 bits per heavy atom. The highest BCUT2D eigenvalue weighted by molar-refractivity contribution is 7.94. The summed E-state index contributed by atoms with van der Waals surface area (Å²) in [7, 11) is -7.77. The second-order valence-electron chi connectivity index (χ2n) is 8.32. The molecule has 2 N–H and O–H groups in total. The Morgan fingerprint density at radius 3 is 2.53 bits per heavy atom. The third-order valence-electron chi connectivity index (χ3n) is 5.65. The Balaban J connectivity index is 1.53. The summed E-state index contributed by atoms with van der Waals surface area (Å²) >= 11 is 1.20. The molecule has 1 amide bonds. The molecule has 0 bridgehead atoms. The average molecular weight is 548 g/mol. The Bertz CT molecular complexity index is 1660. The first-order valence-electron chi connectivity index (χ1n) is 10.5. The standard InChI is InChI=1S/C23H18FN3O6S3/c1-35(30,31)26-15-6-7-17-19(10-15)36(32,33)12-18(25-17)20-21(28)16-8-9-34-23(16)27(22(20)29)11-13-2-4-14(24)5-3-13/h2-10,12,20,25-26H,11H2,1H3. The molecule has 0 aliphatic carbocycles. The number of carbonyl (C=O) groups is 2. The number of halogens is 1. The maximum Gasteiger partial charge on any atom is 0.244 e. The van der Waals surface area contributed by atoms with Gasteiger partial charge in [0, 0.05) is 11.4 Å². The molecule has 0 saturated heterocycles. The van der Waals surface area contributed by atoms with E-state index in [1.807, 2.05) is 0 Å². The van der Waals surface area contributed by atoms with Gasteiger partial charge < -0.3 is 5.32 Å². The van der Waals surface area contributed by atoms with Crippen LogP contribution in [0.25, 0.3) is 0 Å². The molecule has 186 valence electrons. The van der Waals surface area contributed by atoms with Crippen molar-refractivity contribution in [3.63, 3.8) is 0 Å². The molecule has 1 atom stereocenters. The van der Waals surface area contributed by atoms with Gasteiger partial charge in [0.05, 0.1) is 34.4 Å². The Kier molecular flexibility index (Phi) is 5.73. The molecule has 13 heteroatoms. The number of sulfone groups is 1. The number of carbonyl (C=O) groups excluding carboxylic acids is 2. The summed E-state index contributed by atoms with van der Waals surface area (Å²) in [6.07, 6.45) is 0.938. The summed E-state index contributed by atoms with van der Waals surface area (Å²) in [4.78, 5) is 28.1. The summed E-state index contributed by atoms with van der Waals surface area (Å²) in [5, 5.41) is 5.80. The van der Waals surface area contributed by atoms with Crippen LogP contribution < -0.4 is 14.9 Å². The van der Waals surface area contributed by atoms with Crippen molar-refractivity contribution in [2.24, 2.45) is 5.92 Å². The zero-order valence-corrected chi connectivity index (χ0v) is 21.0. The van der Waals surface area contributed by atoms with Gasteiger partial charge in [0.15, 0.2) is 5.78 Å². The molecule has 1 aromatic heterocycles. The number of benzene rings is 2. The van der Waals surface area contributed by atoms with Crippen LogP contribution in [0.15, 0.2) is 69.9 Å². The summed E-state index contributed by atoms with van der Waals surface area (Å²) in [6.45, 7) is 0.0630. The van der Waals surface area contributed by atoms with Crippen LogP contribution >= 0.6 is 11.3 Å². The number of nitrogens with zero attached hydrogens (tertiary/aromatic N) is 1.